The van der Waals surface area contributed by atoms with E-state index in [1.54, 1.807) is 0 Å². The van der Waals surface area contributed by atoms with Crippen molar-refractivity contribution in [2.24, 2.45) is 0 Å². The summed E-state index contributed by atoms with van der Waals surface area (Å²) in [7, 11) is 0. The van der Waals surface area contributed by atoms with Gasteiger partial charge in [0.1, 0.15) is 22.3 Å². The van der Waals surface area contributed by atoms with E-state index in [9.17, 15) is 0 Å². The molecule has 0 aliphatic carbocycles. The second-order valence-electron chi connectivity index (χ2n) is 12.5. The zero-order valence-electron chi connectivity index (χ0n) is 25.6. The second kappa shape index (κ2) is 9.50. The Morgan fingerprint density at radius 2 is 1.08 bits per heavy atom. The Morgan fingerprint density at radius 3 is 1.94 bits per heavy atom. The quantitative estimate of drug-likeness (QED) is 0.144. The van der Waals surface area contributed by atoms with E-state index in [4.69, 9.17) is 18.8 Å². The van der Waals surface area contributed by atoms with Crippen LogP contribution >= 0.6 is 0 Å². The maximum absolute atomic E-state index is 6.58. The zero-order valence-corrected chi connectivity index (χ0v) is 25.6. The molecule has 0 amide bonds. The number of benzene rings is 7. The third-order valence-electron chi connectivity index (χ3n) is 9.80. The number of para-hydroxylation sites is 3. The van der Waals surface area contributed by atoms with Gasteiger partial charge in [-0.2, -0.15) is 0 Å². The summed E-state index contributed by atoms with van der Waals surface area (Å²) in [5.41, 5.74) is 10.5. The highest BCUT2D eigenvalue weighted by molar-refractivity contribution is 6.22. The topological polar surface area (TPSA) is 52.1 Å². The number of hydrogen-bond acceptors (Lipinski definition) is 4. The van der Waals surface area contributed by atoms with Crippen LogP contribution in [-0.2, 0) is 0 Å². The molecule has 0 saturated heterocycles. The van der Waals surface area contributed by atoms with E-state index in [2.05, 4.69) is 109 Å². The van der Waals surface area contributed by atoms with Crippen molar-refractivity contribution in [2.45, 2.75) is 0 Å². The van der Waals surface area contributed by atoms with Crippen LogP contribution in [0.3, 0.4) is 0 Å². The molecule has 4 aromatic heterocycles. The van der Waals surface area contributed by atoms with Gasteiger partial charge in [-0.1, -0.05) is 103 Å². The molecule has 0 saturated carbocycles. The van der Waals surface area contributed by atoms with Crippen LogP contribution in [-0.4, -0.2) is 9.97 Å². The molecule has 0 aliphatic rings. The average molecular weight is 613 g/mol. The molecular weight excluding hydrogens is 588 g/mol. The molecule has 11 aromatic rings. The van der Waals surface area contributed by atoms with Crippen LogP contribution in [0.5, 0.6) is 0 Å². The summed E-state index contributed by atoms with van der Waals surface area (Å²) >= 11 is 0. The Bertz CT molecular complexity index is 3110. The third-order valence-corrected chi connectivity index (χ3v) is 9.80. The van der Waals surface area contributed by atoms with E-state index in [-0.39, 0.29) is 0 Å². The first-order chi connectivity index (χ1) is 23.8. The maximum atomic E-state index is 6.58. The fourth-order valence-corrected chi connectivity index (χ4v) is 7.55. The molecule has 0 bridgehead atoms. The predicted molar refractivity (Wildman–Crippen MR) is 197 cm³/mol. The molecule has 0 atom stereocenters. The minimum Gasteiger partial charge on any atom is -0.456 e. The van der Waals surface area contributed by atoms with Crippen LogP contribution in [0.15, 0.2) is 154 Å². The molecule has 0 radical (unpaired) electrons. The summed E-state index contributed by atoms with van der Waals surface area (Å²) < 4.78 is 12.8. The molecule has 4 nitrogen and oxygen atoms in total. The number of pyridine rings is 2. The van der Waals surface area contributed by atoms with Crippen LogP contribution < -0.4 is 0 Å². The molecule has 7 aromatic carbocycles. The lowest BCUT2D eigenvalue weighted by Crippen LogP contribution is -1.90. The van der Waals surface area contributed by atoms with E-state index in [1.807, 2.05) is 36.4 Å². The van der Waals surface area contributed by atoms with Gasteiger partial charge in [0.05, 0.1) is 27.6 Å². The minimum absolute atomic E-state index is 0.822. The van der Waals surface area contributed by atoms with Crippen LogP contribution in [0, 0.1) is 0 Å². The van der Waals surface area contributed by atoms with Crippen molar-refractivity contribution in [3.63, 3.8) is 0 Å². The molecule has 0 aliphatic heterocycles. The Balaban J connectivity index is 1.14. The molecule has 0 spiro atoms. The molecule has 48 heavy (non-hydrogen) atoms. The van der Waals surface area contributed by atoms with Crippen molar-refractivity contribution < 1.29 is 8.83 Å². The van der Waals surface area contributed by atoms with Gasteiger partial charge in [-0.25, -0.2) is 9.97 Å². The third kappa shape index (κ3) is 3.60. The van der Waals surface area contributed by atoms with E-state index >= 15 is 0 Å². The van der Waals surface area contributed by atoms with E-state index < -0.39 is 0 Å². The molecular formula is C44H24N2O2. The monoisotopic (exact) mass is 612 g/mol. The smallest absolute Gasteiger partial charge is 0.147 e. The fourth-order valence-electron chi connectivity index (χ4n) is 7.55. The molecule has 4 heterocycles. The van der Waals surface area contributed by atoms with Crippen molar-refractivity contribution in [3.05, 3.63) is 146 Å². The molecule has 0 N–H and O–H groups in total. The van der Waals surface area contributed by atoms with Gasteiger partial charge in [0.25, 0.3) is 0 Å². The van der Waals surface area contributed by atoms with Crippen molar-refractivity contribution in [3.8, 4) is 22.4 Å². The summed E-state index contributed by atoms with van der Waals surface area (Å²) in [5.74, 6) is 0. The first-order valence-electron chi connectivity index (χ1n) is 16.2. The lowest BCUT2D eigenvalue weighted by Gasteiger charge is -2.12. The lowest BCUT2D eigenvalue weighted by molar-refractivity contribution is 0.666. The maximum Gasteiger partial charge on any atom is 0.147 e. The van der Waals surface area contributed by atoms with Gasteiger partial charge in [0.15, 0.2) is 0 Å². The standard InChI is InChI=1S/C44H24N2O2/c1-6-14-36-27(9-1)21-28-22-33(29-10-2-3-12-31(29)42(28)45-36)25-17-19-26(20-18-25)43-41-32-13-5-8-16-39(32)48-44(41)35-24-40-34(23-37(35)46-43)30-11-4-7-15-38(30)47-40/h1-24H. The lowest BCUT2D eigenvalue weighted by atomic mass is 9.93. The normalized spacial score (nSPS) is 12.2. The first kappa shape index (κ1) is 25.6. The summed E-state index contributed by atoms with van der Waals surface area (Å²) in [4.78, 5) is 10.4. The Hall–Kier alpha value is -6.52. The molecule has 4 heteroatoms. The summed E-state index contributed by atoms with van der Waals surface area (Å²) in [6, 6.07) is 50.8. The van der Waals surface area contributed by atoms with E-state index in [0.29, 0.717) is 0 Å². The number of nitrogens with zero attached hydrogens (tertiary/aromatic N) is 2. The van der Waals surface area contributed by atoms with Gasteiger partial charge in [-0.3, -0.25) is 0 Å². The van der Waals surface area contributed by atoms with E-state index in [1.165, 1.54) is 10.9 Å². The number of aromatic nitrogens is 2. The van der Waals surface area contributed by atoms with Crippen LogP contribution in [0.1, 0.15) is 0 Å². The Labute approximate surface area is 273 Å². The largest absolute Gasteiger partial charge is 0.456 e. The fraction of sp³-hybridized carbons (Fsp3) is 0. The van der Waals surface area contributed by atoms with Gasteiger partial charge in [-0.05, 0) is 59.0 Å². The van der Waals surface area contributed by atoms with Gasteiger partial charge in [0, 0.05) is 43.3 Å². The van der Waals surface area contributed by atoms with Crippen molar-refractivity contribution in [1.29, 1.82) is 0 Å². The van der Waals surface area contributed by atoms with Crippen LogP contribution in [0.2, 0.25) is 0 Å². The SMILES string of the molecule is c1ccc2nc3c(cc(-c4ccc(-c5nc6cc7c(cc6c6oc8ccccc8c56)oc5ccccc57)cc4)c4ccccc43)cc2c1. The summed E-state index contributed by atoms with van der Waals surface area (Å²) in [6.45, 7) is 0. The van der Waals surface area contributed by atoms with Gasteiger partial charge in [-0.15, -0.1) is 0 Å². The Kier molecular flexibility index (Phi) is 5.08. The van der Waals surface area contributed by atoms with Gasteiger partial charge < -0.3 is 8.83 Å². The number of fused-ring (bicyclic) bond motifs is 12. The zero-order chi connectivity index (χ0) is 31.3. The number of rotatable bonds is 2. The minimum atomic E-state index is 0.822. The molecule has 222 valence electrons. The van der Waals surface area contributed by atoms with Crippen LogP contribution in [0.25, 0.3) is 110 Å². The number of hydrogen-bond donors (Lipinski definition) is 0. The second-order valence-corrected chi connectivity index (χ2v) is 12.5. The highest BCUT2D eigenvalue weighted by Gasteiger charge is 2.20. The molecule has 11 rings (SSSR count). The van der Waals surface area contributed by atoms with Crippen molar-refractivity contribution in [1.82, 2.24) is 9.97 Å². The average Bonchev–Trinajstić information content (AvgIpc) is 3.71. The van der Waals surface area contributed by atoms with Crippen LogP contribution in [0.4, 0.5) is 0 Å². The van der Waals surface area contributed by atoms with Gasteiger partial charge in [0.2, 0.25) is 0 Å². The van der Waals surface area contributed by atoms with E-state index in [0.717, 1.165) is 98.8 Å². The van der Waals surface area contributed by atoms with Crippen molar-refractivity contribution in [2.75, 3.05) is 0 Å². The summed E-state index contributed by atoms with van der Waals surface area (Å²) in [5, 5.41) is 9.74. The summed E-state index contributed by atoms with van der Waals surface area (Å²) in [6.07, 6.45) is 0. The Morgan fingerprint density at radius 1 is 0.396 bits per heavy atom. The molecule has 0 fully saturated rings. The number of furan rings is 2. The predicted octanol–water partition coefficient (Wildman–Crippen LogP) is 12.2. The molecule has 0 unspecified atom stereocenters. The van der Waals surface area contributed by atoms with Crippen molar-refractivity contribution >= 4 is 87.4 Å². The highest BCUT2D eigenvalue weighted by Crippen LogP contribution is 2.42. The van der Waals surface area contributed by atoms with Gasteiger partial charge >= 0.3 is 0 Å². The first-order valence-corrected chi connectivity index (χ1v) is 16.2. The highest BCUT2D eigenvalue weighted by atomic mass is 16.3.